The Hall–Kier alpha value is -0.330. The first-order valence-corrected chi connectivity index (χ1v) is 8.89. The Morgan fingerprint density at radius 3 is 2.79 bits per heavy atom. The minimum atomic E-state index is 0.156. The number of halogens is 1. The van der Waals surface area contributed by atoms with E-state index in [1.807, 2.05) is 4.93 Å². The minimum Gasteiger partial charge on any atom is -0.493 e. The van der Waals surface area contributed by atoms with Crippen molar-refractivity contribution in [3.63, 3.8) is 0 Å². The molecule has 0 saturated heterocycles. The molecule has 1 aromatic carbocycles. The molecule has 0 aromatic heterocycles. The molecular formula is C15H22INO2. The summed E-state index contributed by atoms with van der Waals surface area (Å²) in [5, 5.41) is 3.36. The molecule has 3 nitrogen and oxygen atoms in total. The molecule has 2 aliphatic rings. The van der Waals surface area contributed by atoms with Crippen LogP contribution in [0.15, 0.2) is 18.2 Å². The Kier molecular flexibility index (Phi) is 5.91. The van der Waals surface area contributed by atoms with Crippen molar-refractivity contribution in [1.29, 1.82) is 0 Å². The first-order chi connectivity index (χ1) is 9.36. The van der Waals surface area contributed by atoms with Gasteiger partial charge in [0.05, 0.1) is 12.7 Å². The number of hydrogen-bond acceptors (Lipinski definition) is 3. The Labute approximate surface area is 129 Å². The molecule has 4 heteroatoms. The summed E-state index contributed by atoms with van der Waals surface area (Å²) in [6.07, 6.45) is 2.81. The van der Waals surface area contributed by atoms with Gasteiger partial charge in [-0.3, -0.25) is 0 Å². The summed E-state index contributed by atoms with van der Waals surface area (Å²) in [7, 11) is 1.76. The van der Waals surface area contributed by atoms with Gasteiger partial charge in [0, 0.05) is 20.2 Å². The lowest BCUT2D eigenvalue weighted by molar-refractivity contribution is 0.0952. The zero-order valence-electron chi connectivity index (χ0n) is 11.6. The van der Waals surface area contributed by atoms with Gasteiger partial charge in [-0.2, -0.15) is 0 Å². The first-order valence-electron chi connectivity index (χ1n) is 6.74. The lowest BCUT2D eigenvalue weighted by Crippen LogP contribution is -2.29. The van der Waals surface area contributed by atoms with Crippen molar-refractivity contribution >= 4 is 22.6 Å². The molecule has 1 heterocycles. The normalized spacial score (nSPS) is 21.1. The third-order valence-electron chi connectivity index (χ3n) is 3.58. The van der Waals surface area contributed by atoms with Crippen molar-refractivity contribution in [2.24, 2.45) is 5.92 Å². The quantitative estimate of drug-likeness (QED) is 0.647. The molecule has 1 atom stereocenters. The molecule has 1 saturated carbocycles. The smallest absolute Gasteiger partial charge is 0.119 e. The van der Waals surface area contributed by atoms with Crippen molar-refractivity contribution < 1.29 is 9.47 Å². The summed E-state index contributed by atoms with van der Waals surface area (Å²) >= 11 is 2.15. The van der Waals surface area contributed by atoms with E-state index in [1.165, 1.54) is 24.0 Å². The summed E-state index contributed by atoms with van der Waals surface area (Å²) in [5.41, 5.74) is 2.60. The standard InChI is InChI=1S/C14H19NO2.CH3I/c1-16-14-8-15-7-11-4-5-12(6-13(11)14)17-9-10-2-3-10;1-2/h4-6,10,14-15H,2-3,7-9H2,1H3;1H3. The van der Waals surface area contributed by atoms with Crippen molar-refractivity contribution in [2.45, 2.75) is 25.5 Å². The average molecular weight is 375 g/mol. The van der Waals surface area contributed by atoms with Crippen LogP contribution in [-0.2, 0) is 11.3 Å². The first kappa shape index (κ1) is 15.1. The van der Waals surface area contributed by atoms with E-state index in [0.717, 1.165) is 31.4 Å². The fourth-order valence-corrected chi connectivity index (χ4v) is 2.28. The van der Waals surface area contributed by atoms with Crippen LogP contribution in [0.1, 0.15) is 30.1 Å². The Balaban J connectivity index is 0.000000637. The molecule has 1 aliphatic heterocycles. The fourth-order valence-electron chi connectivity index (χ4n) is 2.28. The number of fused-ring (bicyclic) bond motifs is 1. The van der Waals surface area contributed by atoms with Gasteiger partial charge in [-0.05, 0) is 46.9 Å². The molecule has 0 radical (unpaired) electrons. The lowest BCUT2D eigenvalue weighted by atomic mass is 9.98. The number of nitrogens with one attached hydrogen (secondary N) is 1. The van der Waals surface area contributed by atoms with Crippen LogP contribution in [0.25, 0.3) is 0 Å². The van der Waals surface area contributed by atoms with Crippen LogP contribution >= 0.6 is 22.6 Å². The maximum Gasteiger partial charge on any atom is 0.119 e. The molecule has 106 valence electrons. The number of hydrogen-bond donors (Lipinski definition) is 1. The largest absolute Gasteiger partial charge is 0.493 e. The molecule has 3 rings (SSSR count). The van der Waals surface area contributed by atoms with Gasteiger partial charge in [0.15, 0.2) is 0 Å². The van der Waals surface area contributed by atoms with Gasteiger partial charge in [0.2, 0.25) is 0 Å². The highest BCUT2D eigenvalue weighted by molar-refractivity contribution is 14.1. The van der Waals surface area contributed by atoms with E-state index in [9.17, 15) is 0 Å². The van der Waals surface area contributed by atoms with E-state index in [2.05, 4.69) is 46.1 Å². The maximum atomic E-state index is 5.81. The topological polar surface area (TPSA) is 30.5 Å². The van der Waals surface area contributed by atoms with Gasteiger partial charge in [-0.25, -0.2) is 0 Å². The highest BCUT2D eigenvalue weighted by atomic mass is 127. The van der Waals surface area contributed by atoms with Gasteiger partial charge in [0.25, 0.3) is 0 Å². The average Bonchev–Trinajstić information content (AvgIpc) is 3.30. The predicted octanol–water partition coefficient (Wildman–Crippen LogP) is 3.32. The van der Waals surface area contributed by atoms with Crippen molar-refractivity contribution in [3.05, 3.63) is 29.3 Å². The molecule has 0 amide bonds. The second-order valence-corrected chi connectivity index (χ2v) is 4.97. The molecule has 19 heavy (non-hydrogen) atoms. The van der Waals surface area contributed by atoms with Crippen LogP contribution in [0.4, 0.5) is 0 Å². The number of benzene rings is 1. The van der Waals surface area contributed by atoms with Crippen LogP contribution in [-0.4, -0.2) is 25.2 Å². The third kappa shape index (κ3) is 4.07. The van der Waals surface area contributed by atoms with E-state index < -0.39 is 0 Å². The SMILES string of the molecule is CI.COC1CNCc2ccc(OCC3CC3)cc21. The highest BCUT2D eigenvalue weighted by Gasteiger charge is 2.23. The van der Waals surface area contributed by atoms with Crippen LogP contribution in [0, 0.1) is 5.92 Å². The van der Waals surface area contributed by atoms with Crippen molar-refractivity contribution in [1.82, 2.24) is 5.32 Å². The van der Waals surface area contributed by atoms with Crippen molar-refractivity contribution in [2.75, 3.05) is 25.2 Å². The van der Waals surface area contributed by atoms with E-state index in [4.69, 9.17) is 9.47 Å². The molecule has 0 bridgehead atoms. The Morgan fingerprint density at radius 1 is 1.32 bits per heavy atom. The molecule has 1 aliphatic carbocycles. The Morgan fingerprint density at radius 2 is 2.11 bits per heavy atom. The Bertz CT molecular complexity index is 407. The highest BCUT2D eigenvalue weighted by Crippen LogP contribution is 2.31. The van der Waals surface area contributed by atoms with Crippen molar-refractivity contribution in [3.8, 4) is 5.75 Å². The van der Waals surface area contributed by atoms with Crippen LogP contribution < -0.4 is 10.1 Å². The van der Waals surface area contributed by atoms with Gasteiger partial charge in [-0.15, -0.1) is 0 Å². The second-order valence-electron chi connectivity index (χ2n) is 4.97. The van der Waals surface area contributed by atoms with Crippen LogP contribution in [0.2, 0.25) is 0 Å². The van der Waals surface area contributed by atoms with Crippen LogP contribution in [0.5, 0.6) is 5.75 Å². The summed E-state index contributed by atoms with van der Waals surface area (Å²) < 4.78 is 11.3. The van der Waals surface area contributed by atoms with Gasteiger partial charge in [0.1, 0.15) is 5.75 Å². The molecule has 1 aromatic rings. The monoisotopic (exact) mass is 375 g/mol. The number of ether oxygens (including phenoxy) is 2. The molecular weight excluding hydrogens is 353 g/mol. The zero-order valence-corrected chi connectivity index (χ0v) is 13.8. The lowest BCUT2D eigenvalue weighted by Gasteiger charge is -2.25. The molecule has 1 unspecified atom stereocenters. The van der Waals surface area contributed by atoms with Crippen LogP contribution in [0.3, 0.4) is 0 Å². The van der Waals surface area contributed by atoms with E-state index in [0.29, 0.717) is 0 Å². The minimum absolute atomic E-state index is 0.156. The summed E-state index contributed by atoms with van der Waals surface area (Å²) in [5.74, 6) is 1.78. The molecule has 1 N–H and O–H groups in total. The predicted molar refractivity (Wildman–Crippen MR) is 86.1 cm³/mol. The number of methoxy groups -OCH3 is 1. The third-order valence-corrected chi connectivity index (χ3v) is 3.58. The van der Waals surface area contributed by atoms with E-state index in [1.54, 1.807) is 7.11 Å². The second kappa shape index (κ2) is 7.45. The summed E-state index contributed by atoms with van der Waals surface area (Å²) in [6.45, 7) is 2.68. The fraction of sp³-hybridized carbons (Fsp3) is 0.600. The van der Waals surface area contributed by atoms with Gasteiger partial charge < -0.3 is 14.8 Å². The number of rotatable bonds is 4. The molecule has 0 spiro atoms. The maximum absolute atomic E-state index is 5.81. The van der Waals surface area contributed by atoms with E-state index >= 15 is 0 Å². The van der Waals surface area contributed by atoms with Gasteiger partial charge in [-0.1, -0.05) is 28.7 Å². The zero-order chi connectivity index (χ0) is 13.7. The molecule has 1 fully saturated rings. The van der Waals surface area contributed by atoms with E-state index in [-0.39, 0.29) is 6.10 Å². The summed E-state index contributed by atoms with van der Waals surface area (Å²) in [4.78, 5) is 1.97. The summed E-state index contributed by atoms with van der Waals surface area (Å²) in [6, 6.07) is 6.36. The van der Waals surface area contributed by atoms with Gasteiger partial charge >= 0.3 is 0 Å². The number of alkyl halides is 1.